The zero-order chi connectivity index (χ0) is 15.7. The summed E-state index contributed by atoms with van der Waals surface area (Å²) in [4.78, 5) is 0. The molecule has 1 aromatic carbocycles. The molecule has 2 aromatic rings. The number of aromatic nitrogens is 2. The first-order valence-electron chi connectivity index (χ1n) is 5.82. The van der Waals surface area contributed by atoms with E-state index in [2.05, 4.69) is 26.1 Å². The molecule has 2 rings (SSSR count). The number of amidine groups is 1. The number of hydrogen-bond donors (Lipinski definition) is 2. The van der Waals surface area contributed by atoms with Crippen molar-refractivity contribution in [2.75, 3.05) is 0 Å². The Morgan fingerprint density at radius 1 is 1.38 bits per heavy atom. The summed E-state index contributed by atoms with van der Waals surface area (Å²) in [6, 6.07) is 2.49. The van der Waals surface area contributed by atoms with Crippen LogP contribution in [0.1, 0.15) is 16.8 Å². The molecule has 1 heterocycles. The van der Waals surface area contributed by atoms with Crippen molar-refractivity contribution in [3.63, 3.8) is 0 Å². The van der Waals surface area contributed by atoms with Crippen molar-refractivity contribution in [3.8, 4) is 11.6 Å². The maximum Gasteiger partial charge on any atom is 0.250 e. The first kappa shape index (κ1) is 15.7. The second-order valence-corrected chi connectivity index (χ2v) is 5.56. The van der Waals surface area contributed by atoms with Crippen LogP contribution in [0.4, 0.5) is 4.39 Å². The molecule has 21 heavy (non-hydrogen) atoms. The number of hydrogen-bond acceptors (Lipinski definition) is 4. The minimum Gasteiger partial charge on any atom is -0.436 e. The summed E-state index contributed by atoms with van der Waals surface area (Å²) in [6.07, 6.45) is 0. The predicted molar refractivity (Wildman–Crippen MR) is 81.7 cm³/mol. The van der Waals surface area contributed by atoms with E-state index in [1.165, 1.54) is 6.07 Å². The van der Waals surface area contributed by atoms with E-state index in [-0.39, 0.29) is 22.5 Å². The fraction of sp³-hybridized carbons (Fsp3) is 0.154. The maximum absolute atomic E-state index is 13.5. The third kappa shape index (κ3) is 3.14. The van der Waals surface area contributed by atoms with Crippen LogP contribution >= 0.6 is 27.5 Å². The van der Waals surface area contributed by atoms with Crippen molar-refractivity contribution < 1.29 is 9.13 Å². The van der Waals surface area contributed by atoms with Crippen LogP contribution in [0.5, 0.6) is 11.6 Å². The van der Waals surface area contributed by atoms with Gasteiger partial charge in [-0.05, 0) is 41.4 Å². The highest BCUT2D eigenvalue weighted by Crippen LogP contribution is 2.34. The maximum atomic E-state index is 13.5. The number of halogens is 3. The molecule has 0 aliphatic rings. The lowest BCUT2D eigenvalue weighted by Gasteiger charge is -2.13. The molecule has 0 unspecified atom stereocenters. The largest absolute Gasteiger partial charge is 0.436 e. The van der Waals surface area contributed by atoms with E-state index in [0.29, 0.717) is 21.3 Å². The first-order chi connectivity index (χ1) is 9.81. The average Bonchev–Trinajstić information content (AvgIpc) is 2.40. The van der Waals surface area contributed by atoms with Crippen molar-refractivity contribution in [2.45, 2.75) is 13.8 Å². The highest BCUT2D eigenvalue weighted by Gasteiger charge is 2.17. The second kappa shape index (κ2) is 5.95. The monoisotopic (exact) mass is 372 g/mol. The zero-order valence-electron chi connectivity index (χ0n) is 11.2. The van der Waals surface area contributed by atoms with E-state index < -0.39 is 5.82 Å². The molecule has 0 spiro atoms. The van der Waals surface area contributed by atoms with E-state index in [1.807, 2.05) is 0 Å². The molecule has 0 saturated heterocycles. The zero-order valence-corrected chi connectivity index (χ0v) is 13.5. The molecule has 3 N–H and O–H groups in total. The lowest BCUT2D eigenvalue weighted by atomic mass is 10.1. The minimum absolute atomic E-state index is 0.0350. The highest BCUT2D eigenvalue weighted by atomic mass is 79.9. The number of nitrogens with two attached hydrogens (primary N) is 1. The van der Waals surface area contributed by atoms with Gasteiger partial charge in [0, 0.05) is 6.07 Å². The number of aryl methyl sites for hydroxylation is 1. The van der Waals surface area contributed by atoms with Gasteiger partial charge in [-0.3, -0.25) is 5.41 Å². The highest BCUT2D eigenvalue weighted by molar-refractivity contribution is 9.10. The Morgan fingerprint density at radius 2 is 2.05 bits per heavy atom. The Hall–Kier alpha value is -1.73. The Labute approximate surface area is 133 Å². The second-order valence-electron chi connectivity index (χ2n) is 4.30. The fourth-order valence-electron chi connectivity index (χ4n) is 1.66. The summed E-state index contributed by atoms with van der Waals surface area (Å²) in [5, 5.41) is 15.4. The summed E-state index contributed by atoms with van der Waals surface area (Å²) in [5.74, 6) is -0.632. The van der Waals surface area contributed by atoms with E-state index in [9.17, 15) is 4.39 Å². The topological polar surface area (TPSA) is 84.9 Å². The molecular weight excluding hydrogens is 363 g/mol. The molecule has 1 aromatic heterocycles. The van der Waals surface area contributed by atoms with Gasteiger partial charge >= 0.3 is 0 Å². The number of rotatable bonds is 3. The van der Waals surface area contributed by atoms with Crippen LogP contribution in [-0.4, -0.2) is 16.0 Å². The van der Waals surface area contributed by atoms with Gasteiger partial charge in [0.15, 0.2) is 0 Å². The van der Waals surface area contributed by atoms with Gasteiger partial charge in [0.05, 0.1) is 20.8 Å². The molecule has 110 valence electrons. The van der Waals surface area contributed by atoms with Crippen LogP contribution in [0.25, 0.3) is 0 Å². The van der Waals surface area contributed by atoms with E-state index >= 15 is 0 Å². The molecule has 0 atom stereocenters. The van der Waals surface area contributed by atoms with Crippen LogP contribution < -0.4 is 10.5 Å². The van der Waals surface area contributed by atoms with Gasteiger partial charge in [0.1, 0.15) is 17.4 Å². The smallest absolute Gasteiger partial charge is 0.250 e. The Balaban J connectivity index is 2.52. The number of nitrogen functional groups attached to an aromatic ring is 1. The molecule has 0 radical (unpaired) electrons. The number of nitrogens with one attached hydrogen (secondary N) is 1. The molecule has 0 fully saturated rings. The Kier molecular flexibility index (Phi) is 4.43. The normalized spacial score (nSPS) is 10.5. The van der Waals surface area contributed by atoms with Crippen LogP contribution in [0.3, 0.4) is 0 Å². The summed E-state index contributed by atoms with van der Waals surface area (Å²) in [7, 11) is 0. The fourth-order valence-corrected chi connectivity index (χ4v) is 2.38. The lowest BCUT2D eigenvalue weighted by Crippen LogP contribution is -2.16. The quantitative estimate of drug-likeness (QED) is 0.488. The molecule has 0 aliphatic heterocycles. The van der Waals surface area contributed by atoms with Gasteiger partial charge in [-0.2, -0.15) is 5.10 Å². The van der Waals surface area contributed by atoms with Gasteiger partial charge in [0.25, 0.3) is 0 Å². The number of benzene rings is 1. The molecule has 0 bridgehead atoms. The van der Waals surface area contributed by atoms with Crippen molar-refractivity contribution in [1.29, 1.82) is 5.41 Å². The number of nitrogens with zero attached hydrogens (tertiary/aromatic N) is 2. The van der Waals surface area contributed by atoms with Crippen LogP contribution in [0.15, 0.2) is 16.6 Å². The third-order valence-corrected chi connectivity index (χ3v) is 3.78. The van der Waals surface area contributed by atoms with Gasteiger partial charge < -0.3 is 10.5 Å². The standard InChI is InChI=1S/C13H11BrClFN4O/c1-5-6(2)19-20-13(11(5)12(17)18)21-10-4-9(16)8(15)3-7(10)14/h3-4H,1-2H3,(H3,17,18). The molecule has 8 heteroatoms. The van der Waals surface area contributed by atoms with E-state index in [0.717, 1.165) is 6.07 Å². The summed E-state index contributed by atoms with van der Waals surface area (Å²) in [5.41, 5.74) is 7.19. The summed E-state index contributed by atoms with van der Waals surface area (Å²) >= 11 is 8.90. The Bertz CT molecular complexity index is 739. The van der Waals surface area contributed by atoms with Gasteiger partial charge in [0.2, 0.25) is 5.88 Å². The average molecular weight is 374 g/mol. The van der Waals surface area contributed by atoms with Crippen LogP contribution in [-0.2, 0) is 0 Å². The van der Waals surface area contributed by atoms with Crippen molar-refractivity contribution in [1.82, 2.24) is 10.2 Å². The molecular formula is C13H11BrClFN4O. The molecule has 0 aliphatic carbocycles. The summed E-state index contributed by atoms with van der Waals surface area (Å²) in [6.45, 7) is 3.50. The van der Waals surface area contributed by atoms with Gasteiger partial charge in [-0.25, -0.2) is 4.39 Å². The van der Waals surface area contributed by atoms with Crippen molar-refractivity contribution in [2.24, 2.45) is 5.73 Å². The van der Waals surface area contributed by atoms with Gasteiger partial charge in [-0.1, -0.05) is 11.6 Å². The first-order valence-corrected chi connectivity index (χ1v) is 6.99. The van der Waals surface area contributed by atoms with E-state index in [4.69, 9.17) is 27.5 Å². The van der Waals surface area contributed by atoms with Crippen molar-refractivity contribution >= 4 is 33.4 Å². The summed E-state index contributed by atoms with van der Waals surface area (Å²) < 4.78 is 19.5. The van der Waals surface area contributed by atoms with Crippen LogP contribution in [0.2, 0.25) is 5.02 Å². The predicted octanol–water partition coefficient (Wildman–Crippen LogP) is 3.72. The van der Waals surface area contributed by atoms with E-state index in [1.54, 1.807) is 13.8 Å². The Morgan fingerprint density at radius 3 is 2.67 bits per heavy atom. The molecule has 5 nitrogen and oxygen atoms in total. The number of ether oxygens (including phenoxy) is 1. The molecule has 0 saturated carbocycles. The van der Waals surface area contributed by atoms with Crippen molar-refractivity contribution in [3.05, 3.63) is 44.3 Å². The minimum atomic E-state index is -0.629. The van der Waals surface area contributed by atoms with Crippen LogP contribution in [0, 0.1) is 25.1 Å². The third-order valence-electron chi connectivity index (χ3n) is 2.87. The SMILES string of the molecule is Cc1nnc(Oc2cc(F)c(Cl)cc2Br)c(C(=N)N)c1C. The van der Waals surface area contributed by atoms with Gasteiger partial charge in [-0.15, -0.1) is 5.10 Å². The molecule has 0 amide bonds. The lowest BCUT2D eigenvalue weighted by molar-refractivity contribution is 0.445.